The summed E-state index contributed by atoms with van der Waals surface area (Å²) in [7, 11) is 0. The predicted molar refractivity (Wildman–Crippen MR) is 67.0 cm³/mol. The van der Waals surface area contributed by atoms with E-state index in [2.05, 4.69) is 38.1 Å². The summed E-state index contributed by atoms with van der Waals surface area (Å²) in [5.74, 6) is 0. The molecule has 15 heavy (non-hydrogen) atoms. The van der Waals surface area contributed by atoms with E-state index in [1.165, 1.54) is 25.7 Å². The fourth-order valence-corrected chi connectivity index (χ4v) is 1.89. The van der Waals surface area contributed by atoms with Gasteiger partial charge in [-0.25, -0.2) is 0 Å². The van der Waals surface area contributed by atoms with Crippen LogP contribution < -0.4 is 0 Å². The summed E-state index contributed by atoms with van der Waals surface area (Å²) in [6.07, 6.45) is 11.2. The van der Waals surface area contributed by atoms with E-state index in [1.54, 1.807) is 0 Å². The number of unbranched alkanes of at least 4 members (excludes halogenated alkanes) is 1. The van der Waals surface area contributed by atoms with E-state index in [4.69, 9.17) is 0 Å². The maximum atomic E-state index is 10.2. The Morgan fingerprint density at radius 1 is 1.27 bits per heavy atom. The van der Waals surface area contributed by atoms with Crippen LogP contribution in [0.5, 0.6) is 0 Å². The molecular weight excluding hydrogens is 186 g/mol. The fourth-order valence-electron chi connectivity index (χ4n) is 1.89. The van der Waals surface area contributed by atoms with E-state index in [1.807, 2.05) is 0 Å². The lowest BCUT2D eigenvalue weighted by atomic mass is 9.78. The first kappa shape index (κ1) is 14.3. The average molecular weight is 211 g/mol. The number of hydrogen-bond donors (Lipinski definition) is 0. The Kier molecular flexibility index (Phi) is 8.25. The van der Waals surface area contributed by atoms with E-state index >= 15 is 0 Å². The van der Waals surface area contributed by atoms with E-state index in [-0.39, 0.29) is 0 Å². The molecular formula is C13H25NO. The molecule has 0 bridgehead atoms. The Balaban J connectivity index is 4.05. The van der Waals surface area contributed by atoms with Gasteiger partial charge in [0.2, 0.25) is 0 Å². The molecule has 1 atom stereocenters. The first-order valence-corrected chi connectivity index (χ1v) is 6.09. The summed E-state index contributed by atoms with van der Waals surface area (Å²) < 4.78 is 0. The van der Waals surface area contributed by atoms with E-state index in [9.17, 15) is 4.91 Å². The Morgan fingerprint density at radius 2 is 2.00 bits per heavy atom. The lowest BCUT2D eigenvalue weighted by Crippen LogP contribution is -2.17. The molecule has 0 rings (SSSR count). The fraction of sp³-hybridized carbons (Fsp3) is 0.846. The van der Waals surface area contributed by atoms with E-state index < -0.39 is 0 Å². The van der Waals surface area contributed by atoms with Crippen molar-refractivity contribution in [2.75, 3.05) is 6.54 Å². The van der Waals surface area contributed by atoms with E-state index in [0.29, 0.717) is 12.0 Å². The number of rotatable bonds is 9. The molecule has 0 saturated heterocycles. The van der Waals surface area contributed by atoms with Gasteiger partial charge >= 0.3 is 0 Å². The first-order valence-electron chi connectivity index (χ1n) is 6.09. The Bertz CT molecular complexity index is 189. The Labute approximate surface area is 94.1 Å². The van der Waals surface area contributed by atoms with Crippen molar-refractivity contribution in [2.45, 2.75) is 59.3 Å². The van der Waals surface area contributed by atoms with Gasteiger partial charge in [0.05, 0.1) is 6.54 Å². The van der Waals surface area contributed by atoms with Crippen LogP contribution >= 0.6 is 0 Å². The molecule has 0 aromatic heterocycles. The van der Waals surface area contributed by atoms with Crippen molar-refractivity contribution >= 4 is 0 Å². The smallest absolute Gasteiger partial charge is 0.0816 e. The molecule has 0 saturated carbocycles. The molecule has 2 nitrogen and oxygen atoms in total. The molecule has 88 valence electrons. The highest BCUT2D eigenvalue weighted by Gasteiger charge is 2.22. The lowest BCUT2D eigenvalue weighted by Gasteiger charge is -2.28. The zero-order valence-electron chi connectivity index (χ0n) is 10.5. The van der Waals surface area contributed by atoms with Gasteiger partial charge in [-0.2, -0.15) is 4.91 Å². The summed E-state index contributed by atoms with van der Waals surface area (Å²) in [4.78, 5) is 10.2. The highest BCUT2D eigenvalue weighted by Crippen LogP contribution is 2.33. The molecule has 0 N–H and O–H groups in total. The zero-order valence-corrected chi connectivity index (χ0v) is 10.5. The van der Waals surface area contributed by atoms with Gasteiger partial charge in [-0.15, -0.1) is 0 Å². The van der Waals surface area contributed by atoms with Gasteiger partial charge in [0, 0.05) is 0 Å². The second-order valence-electron chi connectivity index (χ2n) is 4.62. The molecule has 0 aliphatic rings. The number of hydrogen-bond acceptors (Lipinski definition) is 2. The minimum atomic E-state index is 0.309. The van der Waals surface area contributed by atoms with Crippen molar-refractivity contribution in [1.29, 1.82) is 0 Å². The molecule has 1 unspecified atom stereocenters. The average Bonchev–Trinajstić information content (AvgIpc) is 2.24. The second kappa shape index (κ2) is 8.63. The lowest BCUT2D eigenvalue weighted by molar-refractivity contribution is 0.248. The highest BCUT2D eigenvalue weighted by molar-refractivity contribution is 4.83. The van der Waals surface area contributed by atoms with Gasteiger partial charge in [-0.05, 0) is 38.0 Å². The minimum absolute atomic E-state index is 0.309. The predicted octanol–water partition coefficient (Wildman–Crippen LogP) is 4.70. The molecule has 0 spiro atoms. The van der Waals surface area contributed by atoms with Crippen LogP contribution in [0.3, 0.4) is 0 Å². The van der Waals surface area contributed by atoms with Crippen molar-refractivity contribution in [2.24, 2.45) is 10.6 Å². The third-order valence-electron chi connectivity index (χ3n) is 3.09. The molecule has 0 amide bonds. The summed E-state index contributed by atoms with van der Waals surface area (Å²) >= 11 is 0. The van der Waals surface area contributed by atoms with Gasteiger partial charge in [0.1, 0.15) is 0 Å². The topological polar surface area (TPSA) is 29.4 Å². The number of allylic oxidation sites excluding steroid dienone is 2. The molecule has 0 aliphatic heterocycles. The molecule has 0 aliphatic carbocycles. The first-order chi connectivity index (χ1) is 7.18. The van der Waals surface area contributed by atoms with Crippen molar-refractivity contribution in [3.8, 4) is 0 Å². The van der Waals surface area contributed by atoms with Crippen LogP contribution in [0.2, 0.25) is 0 Å². The summed E-state index contributed by atoms with van der Waals surface area (Å²) in [6.45, 7) is 7.02. The highest BCUT2D eigenvalue weighted by atomic mass is 16.3. The second-order valence-corrected chi connectivity index (χ2v) is 4.62. The quantitative estimate of drug-likeness (QED) is 0.401. The standard InChI is InChI=1S/C13H25NO/c1-4-6-8-10-13(3,9-7-5-2)11-12-14-15/h4,6H,5,7-12H2,1-3H3/b6-4+. The van der Waals surface area contributed by atoms with Crippen LogP contribution in [0.15, 0.2) is 17.3 Å². The largest absolute Gasteiger partial charge is 0.151 e. The molecule has 0 aromatic rings. The van der Waals surface area contributed by atoms with Gasteiger partial charge in [0.15, 0.2) is 0 Å². The Hall–Kier alpha value is -0.660. The van der Waals surface area contributed by atoms with Crippen LogP contribution in [-0.4, -0.2) is 6.54 Å². The van der Waals surface area contributed by atoms with E-state index in [0.717, 1.165) is 12.8 Å². The molecule has 0 radical (unpaired) electrons. The summed E-state index contributed by atoms with van der Waals surface area (Å²) in [5.41, 5.74) is 0.309. The van der Waals surface area contributed by atoms with Crippen LogP contribution in [0.1, 0.15) is 59.3 Å². The molecule has 2 heteroatoms. The van der Waals surface area contributed by atoms with Crippen LogP contribution in [-0.2, 0) is 0 Å². The SMILES string of the molecule is C/C=C/CCC(C)(CCCC)CCN=O. The molecule has 0 heterocycles. The number of nitroso groups, excluding NO2 is 1. The normalized spacial score (nSPS) is 15.4. The third-order valence-corrected chi connectivity index (χ3v) is 3.09. The van der Waals surface area contributed by atoms with Crippen LogP contribution in [0.25, 0.3) is 0 Å². The number of nitrogens with zero attached hydrogens (tertiary/aromatic N) is 1. The van der Waals surface area contributed by atoms with Crippen LogP contribution in [0, 0.1) is 10.3 Å². The Morgan fingerprint density at radius 3 is 2.53 bits per heavy atom. The maximum absolute atomic E-state index is 10.2. The monoisotopic (exact) mass is 211 g/mol. The van der Waals surface area contributed by atoms with Gasteiger partial charge in [-0.3, -0.25) is 0 Å². The van der Waals surface area contributed by atoms with Crippen LogP contribution in [0.4, 0.5) is 0 Å². The summed E-state index contributed by atoms with van der Waals surface area (Å²) in [6, 6.07) is 0. The third kappa shape index (κ3) is 7.29. The van der Waals surface area contributed by atoms with Crippen molar-refractivity contribution in [1.82, 2.24) is 0 Å². The zero-order chi connectivity index (χ0) is 11.6. The minimum Gasteiger partial charge on any atom is -0.151 e. The van der Waals surface area contributed by atoms with Gasteiger partial charge in [0.25, 0.3) is 0 Å². The van der Waals surface area contributed by atoms with Crippen molar-refractivity contribution < 1.29 is 0 Å². The van der Waals surface area contributed by atoms with Crippen molar-refractivity contribution in [3.63, 3.8) is 0 Å². The maximum Gasteiger partial charge on any atom is 0.0816 e. The molecule has 0 aromatic carbocycles. The van der Waals surface area contributed by atoms with Gasteiger partial charge in [-0.1, -0.05) is 44.0 Å². The van der Waals surface area contributed by atoms with Crippen molar-refractivity contribution in [3.05, 3.63) is 17.1 Å². The molecule has 0 fully saturated rings. The summed E-state index contributed by atoms with van der Waals surface area (Å²) in [5, 5.41) is 2.99. The van der Waals surface area contributed by atoms with Gasteiger partial charge < -0.3 is 0 Å².